The Morgan fingerprint density at radius 1 is 1.00 bits per heavy atom. The largest absolute Gasteiger partial charge is 0.348 e. The van der Waals surface area contributed by atoms with Crippen LogP contribution in [-0.2, 0) is 22.7 Å². The van der Waals surface area contributed by atoms with E-state index < -0.39 is 6.04 Å². The molecule has 0 saturated heterocycles. The Balaban J connectivity index is 1.86. The third-order valence-electron chi connectivity index (χ3n) is 4.52. The van der Waals surface area contributed by atoms with Crippen LogP contribution < -0.4 is 5.32 Å². The molecule has 1 atom stereocenters. The van der Waals surface area contributed by atoms with Crippen LogP contribution in [0, 0.1) is 0 Å². The molecule has 3 rings (SSSR count). The summed E-state index contributed by atoms with van der Waals surface area (Å²) in [5, 5.41) is 3.53. The summed E-state index contributed by atoms with van der Waals surface area (Å²) in [6, 6.07) is 21.3. The molecule has 1 heterocycles. The molecule has 29 heavy (non-hydrogen) atoms. The standard InChI is InChI=1S/C23H22ClN3O2/c1-17(28)27(16-18-10-12-20(24)13-11-18)22(19-7-3-2-4-8-19)23(29)26-15-21-9-5-6-14-25-21/h2-14,22H,15-16H2,1H3,(H,26,29)/t22-/m0/s1. The minimum atomic E-state index is -0.756. The highest BCUT2D eigenvalue weighted by Crippen LogP contribution is 2.24. The number of benzene rings is 2. The third kappa shape index (κ3) is 5.65. The molecule has 0 radical (unpaired) electrons. The van der Waals surface area contributed by atoms with Gasteiger partial charge in [0.15, 0.2) is 0 Å². The number of pyridine rings is 1. The summed E-state index contributed by atoms with van der Waals surface area (Å²) in [6.45, 7) is 2.05. The molecule has 6 heteroatoms. The molecule has 0 aliphatic rings. The lowest BCUT2D eigenvalue weighted by molar-refractivity contribution is -0.140. The van der Waals surface area contributed by atoms with E-state index >= 15 is 0 Å². The van der Waals surface area contributed by atoms with Crippen molar-refractivity contribution in [1.29, 1.82) is 0 Å². The van der Waals surface area contributed by atoms with E-state index in [0.717, 1.165) is 16.8 Å². The zero-order chi connectivity index (χ0) is 20.6. The first-order chi connectivity index (χ1) is 14.0. The first-order valence-corrected chi connectivity index (χ1v) is 9.66. The Kier molecular flexibility index (Phi) is 6.98. The van der Waals surface area contributed by atoms with E-state index in [1.54, 1.807) is 23.2 Å². The lowest BCUT2D eigenvalue weighted by Gasteiger charge is -2.30. The number of aromatic nitrogens is 1. The summed E-state index contributed by atoms with van der Waals surface area (Å²) in [5.41, 5.74) is 2.39. The number of nitrogens with one attached hydrogen (secondary N) is 1. The average Bonchev–Trinajstić information content (AvgIpc) is 2.74. The Morgan fingerprint density at radius 2 is 1.69 bits per heavy atom. The summed E-state index contributed by atoms with van der Waals surface area (Å²) >= 11 is 5.97. The molecule has 1 N–H and O–H groups in total. The molecule has 0 aliphatic heterocycles. The topological polar surface area (TPSA) is 62.3 Å². The van der Waals surface area contributed by atoms with E-state index in [1.807, 2.05) is 60.7 Å². The Morgan fingerprint density at radius 3 is 2.31 bits per heavy atom. The van der Waals surface area contributed by atoms with E-state index in [4.69, 9.17) is 11.6 Å². The van der Waals surface area contributed by atoms with E-state index in [9.17, 15) is 9.59 Å². The van der Waals surface area contributed by atoms with Crippen molar-refractivity contribution in [3.8, 4) is 0 Å². The summed E-state index contributed by atoms with van der Waals surface area (Å²) in [6.07, 6.45) is 1.68. The van der Waals surface area contributed by atoms with Crippen LogP contribution in [0.25, 0.3) is 0 Å². The van der Waals surface area contributed by atoms with Crippen LogP contribution in [0.4, 0.5) is 0 Å². The fraction of sp³-hybridized carbons (Fsp3) is 0.174. The van der Waals surface area contributed by atoms with Gasteiger partial charge in [-0.2, -0.15) is 0 Å². The van der Waals surface area contributed by atoms with Gasteiger partial charge in [-0.25, -0.2) is 0 Å². The second-order valence-electron chi connectivity index (χ2n) is 6.63. The van der Waals surface area contributed by atoms with Gasteiger partial charge >= 0.3 is 0 Å². The van der Waals surface area contributed by atoms with Gasteiger partial charge in [-0.1, -0.05) is 60.1 Å². The molecule has 0 spiro atoms. The number of halogens is 1. The van der Waals surface area contributed by atoms with Gasteiger partial charge in [-0.15, -0.1) is 0 Å². The first-order valence-electron chi connectivity index (χ1n) is 9.29. The van der Waals surface area contributed by atoms with Crippen LogP contribution in [0.15, 0.2) is 79.0 Å². The number of hydrogen-bond donors (Lipinski definition) is 1. The number of amides is 2. The smallest absolute Gasteiger partial charge is 0.247 e. The summed E-state index contributed by atoms with van der Waals surface area (Å²) in [7, 11) is 0. The van der Waals surface area contributed by atoms with Crippen LogP contribution in [0.1, 0.15) is 29.8 Å². The lowest BCUT2D eigenvalue weighted by atomic mass is 10.0. The minimum absolute atomic E-state index is 0.193. The highest BCUT2D eigenvalue weighted by atomic mass is 35.5. The second-order valence-corrected chi connectivity index (χ2v) is 7.06. The van der Waals surface area contributed by atoms with E-state index in [0.29, 0.717) is 11.6 Å². The van der Waals surface area contributed by atoms with Crippen LogP contribution in [0.2, 0.25) is 5.02 Å². The number of nitrogens with zero attached hydrogens (tertiary/aromatic N) is 2. The average molecular weight is 408 g/mol. The molecule has 0 fully saturated rings. The van der Waals surface area contributed by atoms with Gasteiger partial charge in [-0.3, -0.25) is 14.6 Å². The van der Waals surface area contributed by atoms with Crippen molar-refractivity contribution >= 4 is 23.4 Å². The molecule has 0 unspecified atom stereocenters. The zero-order valence-electron chi connectivity index (χ0n) is 16.1. The summed E-state index contributed by atoms with van der Waals surface area (Å²) in [4.78, 5) is 31.5. The van der Waals surface area contributed by atoms with Gasteiger partial charge in [0.25, 0.3) is 0 Å². The highest BCUT2D eigenvalue weighted by Gasteiger charge is 2.29. The fourth-order valence-corrected chi connectivity index (χ4v) is 3.18. The van der Waals surface area contributed by atoms with Crippen LogP contribution in [0.5, 0.6) is 0 Å². The third-order valence-corrected chi connectivity index (χ3v) is 4.77. The molecule has 5 nitrogen and oxygen atoms in total. The van der Waals surface area contributed by atoms with Crippen molar-refractivity contribution in [2.24, 2.45) is 0 Å². The molecule has 1 aromatic heterocycles. The Labute approximate surface area is 175 Å². The molecule has 2 aromatic carbocycles. The van der Waals surface area contributed by atoms with Gasteiger partial charge in [0.2, 0.25) is 11.8 Å². The maximum atomic E-state index is 13.2. The van der Waals surface area contributed by atoms with Gasteiger partial charge in [0, 0.05) is 24.7 Å². The quantitative estimate of drug-likeness (QED) is 0.640. The second kappa shape index (κ2) is 9.85. The fourth-order valence-electron chi connectivity index (χ4n) is 3.06. The number of rotatable bonds is 7. The van der Waals surface area contributed by atoms with E-state index in [-0.39, 0.29) is 18.4 Å². The monoisotopic (exact) mass is 407 g/mol. The van der Waals surface area contributed by atoms with Crippen molar-refractivity contribution in [3.05, 3.63) is 101 Å². The SMILES string of the molecule is CC(=O)N(Cc1ccc(Cl)cc1)[C@H](C(=O)NCc1ccccn1)c1ccccc1. The van der Waals surface area contributed by atoms with E-state index in [1.165, 1.54) is 6.92 Å². The highest BCUT2D eigenvalue weighted by molar-refractivity contribution is 6.30. The molecular weight excluding hydrogens is 386 g/mol. The van der Waals surface area contributed by atoms with Crippen molar-refractivity contribution in [2.45, 2.75) is 26.1 Å². The zero-order valence-corrected chi connectivity index (χ0v) is 16.8. The Hall–Kier alpha value is -3.18. The Bertz CT molecular complexity index is 947. The van der Waals surface area contributed by atoms with Gasteiger partial charge < -0.3 is 10.2 Å². The van der Waals surface area contributed by atoms with E-state index in [2.05, 4.69) is 10.3 Å². The first kappa shape index (κ1) is 20.6. The predicted octanol–water partition coefficient (Wildman–Crippen LogP) is 4.14. The van der Waals surface area contributed by atoms with Crippen LogP contribution in [0.3, 0.4) is 0 Å². The van der Waals surface area contributed by atoms with Crippen molar-refractivity contribution in [1.82, 2.24) is 15.2 Å². The summed E-state index contributed by atoms with van der Waals surface area (Å²) in [5.74, 6) is -0.451. The predicted molar refractivity (Wildman–Crippen MR) is 113 cm³/mol. The number of hydrogen-bond acceptors (Lipinski definition) is 3. The molecule has 3 aromatic rings. The molecule has 148 valence electrons. The van der Waals surface area contributed by atoms with Crippen molar-refractivity contribution in [3.63, 3.8) is 0 Å². The van der Waals surface area contributed by atoms with Crippen molar-refractivity contribution < 1.29 is 9.59 Å². The van der Waals surface area contributed by atoms with Gasteiger partial charge in [0.1, 0.15) is 6.04 Å². The minimum Gasteiger partial charge on any atom is -0.348 e. The number of carbonyl (C=O) groups excluding carboxylic acids is 2. The maximum Gasteiger partial charge on any atom is 0.247 e. The van der Waals surface area contributed by atoms with Gasteiger partial charge in [-0.05, 0) is 35.4 Å². The molecule has 0 aliphatic carbocycles. The molecular formula is C23H22ClN3O2. The number of carbonyl (C=O) groups is 2. The van der Waals surface area contributed by atoms with Crippen LogP contribution in [-0.4, -0.2) is 21.7 Å². The molecule has 2 amide bonds. The van der Waals surface area contributed by atoms with Gasteiger partial charge in [0.05, 0.1) is 12.2 Å². The van der Waals surface area contributed by atoms with Crippen molar-refractivity contribution in [2.75, 3.05) is 0 Å². The molecule has 0 bridgehead atoms. The molecule has 0 saturated carbocycles. The lowest BCUT2D eigenvalue weighted by Crippen LogP contribution is -2.42. The van der Waals surface area contributed by atoms with Crippen LogP contribution >= 0.6 is 11.6 Å². The maximum absolute atomic E-state index is 13.2. The normalized spacial score (nSPS) is 11.5. The summed E-state index contributed by atoms with van der Waals surface area (Å²) < 4.78 is 0.